The van der Waals surface area contributed by atoms with Gasteiger partial charge in [-0.05, 0) is 43.2 Å². The summed E-state index contributed by atoms with van der Waals surface area (Å²) in [5.41, 5.74) is 3.66. The van der Waals surface area contributed by atoms with Crippen molar-refractivity contribution in [2.75, 3.05) is 26.9 Å². The number of rotatable bonds is 11. The van der Waals surface area contributed by atoms with Gasteiger partial charge in [-0.2, -0.15) is 0 Å². The highest BCUT2D eigenvalue weighted by atomic mass is 16.5. The van der Waals surface area contributed by atoms with E-state index in [-0.39, 0.29) is 0 Å². The van der Waals surface area contributed by atoms with E-state index in [0.717, 1.165) is 44.2 Å². The topological polar surface area (TPSA) is 44.3 Å². The van der Waals surface area contributed by atoms with Crippen LogP contribution in [0.3, 0.4) is 0 Å². The minimum absolute atomic E-state index is 0.548. The van der Waals surface area contributed by atoms with E-state index in [0.29, 0.717) is 6.61 Å². The lowest BCUT2D eigenvalue weighted by Gasteiger charge is -2.13. The largest absolute Gasteiger partial charge is 0.493 e. The third-order valence-electron chi connectivity index (χ3n) is 4.15. The standard InChI is InChI=1S/C21H29NO3/c1-4-24-13-7-12-22-15-18-10-11-20(21(14-18)23-3)25-16-19-9-6-5-8-17(19)2/h5-6,8-11,14,22H,4,7,12-13,15-16H2,1-3H3/p+1. The summed E-state index contributed by atoms with van der Waals surface area (Å²) in [7, 11) is 1.69. The summed E-state index contributed by atoms with van der Waals surface area (Å²) < 4.78 is 16.8. The number of quaternary nitrogens is 1. The number of hydrogen-bond donors (Lipinski definition) is 1. The second kappa shape index (κ2) is 10.7. The van der Waals surface area contributed by atoms with Gasteiger partial charge in [0.2, 0.25) is 0 Å². The minimum atomic E-state index is 0.548. The van der Waals surface area contributed by atoms with E-state index in [1.165, 1.54) is 16.7 Å². The average molecular weight is 344 g/mol. The summed E-state index contributed by atoms with van der Waals surface area (Å²) in [6.07, 6.45) is 1.07. The van der Waals surface area contributed by atoms with E-state index >= 15 is 0 Å². The molecule has 0 spiro atoms. The van der Waals surface area contributed by atoms with Crippen molar-refractivity contribution in [1.82, 2.24) is 0 Å². The van der Waals surface area contributed by atoms with Crippen molar-refractivity contribution in [3.63, 3.8) is 0 Å². The summed E-state index contributed by atoms with van der Waals surface area (Å²) >= 11 is 0. The van der Waals surface area contributed by atoms with Gasteiger partial charge in [-0.25, -0.2) is 0 Å². The Labute approximate surface area is 151 Å². The van der Waals surface area contributed by atoms with Crippen molar-refractivity contribution in [3.05, 3.63) is 59.2 Å². The first-order valence-corrected chi connectivity index (χ1v) is 8.98. The molecule has 0 bridgehead atoms. The van der Waals surface area contributed by atoms with Gasteiger partial charge in [0.25, 0.3) is 0 Å². The minimum Gasteiger partial charge on any atom is -0.493 e. The molecule has 0 saturated carbocycles. The molecule has 2 aromatic rings. The predicted molar refractivity (Wildman–Crippen MR) is 100 cm³/mol. The Morgan fingerprint density at radius 3 is 2.64 bits per heavy atom. The fraction of sp³-hybridized carbons (Fsp3) is 0.429. The Kier molecular flexibility index (Phi) is 8.29. The molecule has 25 heavy (non-hydrogen) atoms. The van der Waals surface area contributed by atoms with Crippen LogP contribution in [0.25, 0.3) is 0 Å². The van der Waals surface area contributed by atoms with Crippen LogP contribution >= 0.6 is 0 Å². The molecule has 4 heteroatoms. The van der Waals surface area contributed by atoms with Gasteiger partial charge in [-0.3, -0.25) is 0 Å². The number of methoxy groups -OCH3 is 1. The van der Waals surface area contributed by atoms with Crippen molar-refractivity contribution in [2.45, 2.75) is 33.4 Å². The molecule has 2 aromatic carbocycles. The van der Waals surface area contributed by atoms with Gasteiger partial charge >= 0.3 is 0 Å². The SMILES string of the molecule is CCOCCC[NH2+]Cc1ccc(OCc2ccccc2C)c(OC)c1. The smallest absolute Gasteiger partial charge is 0.161 e. The van der Waals surface area contributed by atoms with E-state index in [2.05, 4.69) is 36.5 Å². The van der Waals surface area contributed by atoms with Crippen LogP contribution in [0.2, 0.25) is 0 Å². The first-order chi connectivity index (χ1) is 12.2. The summed E-state index contributed by atoms with van der Waals surface area (Å²) in [5.74, 6) is 1.57. The molecule has 0 amide bonds. The zero-order valence-corrected chi connectivity index (χ0v) is 15.6. The lowest BCUT2D eigenvalue weighted by Crippen LogP contribution is -2.82. The maximum atomic E-state index is 5.97. The fourth-order valence-electron chi connectivity index (χ4n) is 2.63. The zero-order valence-electron chi connectivity index (χ0n) is 15.6. The van der Waals surface area contributed by atoms with Crippen LogP contribution in [0.4, 0.5) is 0 Å². The second-order valence-electron chi connectivity index (χ2n) is 6.03. The highest BCUT2D eigenvalue weighted by Crippen LogP contribution is 2.28. The average Bonchev–Trinajstić information content (AvgIpc) is 2.64. The number of ether oxygens (including phenoxy) is 3. The molecule has 136 valence electrons. The maximum Gasteiger partial charge on any atom is 0.161 e. The summed E-state index contributed by atoms with van der Waals surface area (Å²) in [5, 5.41) is 2.29. The van der Waals surface area contributed by atoms with Crippen molar-refractivity contribution < 1.29 is 19.5 Å². The van der Waals surface area contributed by atoms with E-state index in [1.54, 1.807) is 7.11 Å². The van der Waals surface area contributed by atoms with Gasteiger partial charge in [0.05, 0.1) is 20.3 Å². The molecule has 4 nitrogen and oxygen atoms in total. The molecule has 0 fully saturated rings. The monoisotopic (exact) mass is 344 g/mol. The fourth-order valence-corrected chi connectivity index (χ4v) is 2.63. The van der Waals surface area contributed by atoms with Crippen molar-refractivity contribution >= 4 is 0 Å². The maximum absolute atomic E-state index is 5.97. The van der Waals surface area contributed by atoms with Crippen LogP contribution in [0.1, 0.15) is 30.0 Å². The Morgan fingerprint density at radius 2 is 1.88 bits per heavy atom. The van der Waals surface area contributed by atoms with Crippen molar-refractivity contribution in [3.8, 4) is 11.5 Å². The number of benzene rings is 2. The van der Waals surface area contributed by atoms with Crippen molar-refractivity contribution in [1.29, 1.82) is 0 Å². The summed E-state index contributed by atoms with van der Waals surface area (Å²) in [6.45, 7) is 8.29. The first-order valence-electron chi connectivity index (χ1n) is 8.98. The van der Waals surface area contributed by atoms with Crippen LogP contribution in [0.5, 0.6) is 11.5 Å². The Bertz CT molecular complexity index is 643. The van der Waals surface area contributed by atoms with Crippen LogP contribution in [-0.4, -0.2) is 26.9 Å². The van der Waals surface area contributed by atoms with E-state index in [1.807, 2.05) is 25.1 Å². The molecule has 0 saturated heterocycles. The highest BCUT2D eigenvalue weighted by molar-refractivity contribution is 5.43. The Hall–Kier alpha value is -2.04. The van der Waals surface area contributed by atoms with Gasteiger partial charge in [0.1, 0.15) is 13.2 Å². The van der Waals surface area contributed by atoms with Crippen LogP contribution in [0, 0.1) is 6.92 Å². The zero-order chi connectivity index (χ0) is 17.9. The highest BCUT2D eigenvalue weighted by Gasteiger charge is 2.08. The van der Waals surface area contributed by atoms with Crippen molar-refractivity contribution in [2.24, 2.45) is 0 Å². The molecule has 0 atom stereocenters. The van der Waals surface area contributed by atoms with Gasteiger partial charge in [0, 0.05) is 18.6 Å². The molecule has 0 radical (unpaired) electrons. The quantitative estimate of drug-likeness (QED) is 0.637. The molecule has 0 unspecified atom stereocenters. The third kappa shape index (κ3) is 6.40. The van der Waals surface area contributed by atoms with E-state index < -0.39 is 0 Å². The lowest BCUT2D eigenvalue weighted by atomic mass is 10.1. The molecule has 0 aliphatic rings. The predicted octanol–water partition coefficient (Wildman–Crippen LogP) is 3.07. The lowest BCUT2D eigenvalue weighted by molar-refractivity contribution is -0.671. The Balaban J connectivity index is 1.87. The van der Waals surface area contributed by atoms with Gasteiger partial charge in [-0.1, -0.05) is 24.3 Å². The summed E-state index contributed by atoms with van der Waals surface area (Å²) in [6, 6.07) is 14.4. The first kappa shape index (κ1) is 19.3. The number of aryl methyl sites for hydroxylation is 1. The van der Waals surface area contributed by atoms with E-state index in [4.69, 9.17) is 14.2 Å². The summed E-state index contributed by atoms with van der Waals surface area (Å²) in [4.78, 5) is 0. The second-order valence-corrected chi connectivity index (χ2v) is 6.03. The van der Waals surface area contributed by atoms with Crippen LogP contribution in [-0.2, 0) is 17.9 Å². The van der Waals surface area contributed by atoms with E-state index in [9.17, 15) is 0 Å². The molecule has 0 aliphatic carbocycles. The molecule has 0 heterocycles. The Morgan fingerprint density at radius 1 is 1.04 bits per heavy atom. The molecular formula is C21H30NO3+. The number of hydrogen-bond acceptors (Lipinski definition) is 3. The molecule has 0 aromatic heterocycles. The molecule has 0 aliphatic heterocycles. The molecular weight excluding hydrogens is 314 g/mol. The normalized spacial score (nSPS) is 10.7. The van der Waals surface area contributed by atoms with Crippen LogP contribution < -0.4 is 14.8 Å². The molecule has 2 N–H and O–H groups in total. The van der Waals surface area contributed by atoms with Gasteiger partial charge in [0.15, 0.2) is 11.5 Å². The van der Waals surface area contributed by atoms with Gasteiger partial charge < -0.3 is 19.5 Å². The number of nitrogens with two attached hydrogens (primary N) is 1. The van der Waals surface area contributed by atoms with Gasteiger partial charge in [-0.15, -0.1) is 0 Å². The molecule has 2 rings (SSSR count). The van der Waals surface area contributed by atoms with Crippen LogP contribution in [0.15, 0.2) is 42.5 Å². The third-order valence-corrected chi connectivity index (χ3v) is 4.15.